The number of amides is 1. The van der Waals surface area contributed by atoms with Crippen LogP contribution < -0.4 is 14.4 Å². The maximum absolute atomic E-state index is 13.1. The molecule has 8 heteroatoms. The SMILES string of the molecule is CCN(C(=O)c1cccc(OC)c1OC)c1nnc(-c2cccnc2)s1. The van der Waals surface area contributed by atoms with Crippen molar-refractivity contribution in [2.45, 2.75) is 6.92 Å². The van der Waals surface area contributed by atoms with Gasteiger partial charge in [0.25, 0.3) is 5.91 Å². The molecule has 3 aromatic rings. The van der Waals surface area contributed by atoms with E-state index in [1.54, 1.807) is 35.5 Å². The smallest absolute Gasteiger partial charge is 0.264 e. The van der Waals surface area contributed by atoms with Crippen molar-refractivity contribution in [1.29, 1.82) is 0 Å². The second-order valence-corrected chi connectivity index (χ2v) is 6.18. The molecule has 0 atom stereocenters. The van der Waals surface area contributed by atoms with Crippen molar-refractivity contribution in [3.63, 3.8) is 0 Å². The first-order valence-electron chi connectivity index (χ1n) is 7.96. The third kappa shape index (κ3) is 3.36. The van der Waals surface area contributed by atoms with Gasteiger partial charge >= 0.3 is 0 Å². The largest absolute Gasteiger partial charge is 0.493 e. The topological polar surface area (TPSA) is 77.4 Å². The second kappa shape index (κ2) is 7.92. The highest BCUT2D eigenvalue weighted by Gasteiger charge is 2.25. The minimum Gasteiger partial charge on any atom is -0.493 e. The van der Waals surface area contributed by atoms with E-state index in [0.29, 0.717) is 33.7 Å². The van der Waals surface area contributed by atoms with Gasteiger partial charge in [0.15, 0.2) is 16.5 Å². The van der Waals surface area contributed by atoms with Crippen LogP contribution in [0.1, 0.15) is 17.3 Å². The number of nitrogens with zero attached hydrogens (tertiary/aromatic N) is 4. The summed E-state index contributed by atoms with van der Waals surface area (Å²) in [5.41, 5.74) is 1.27. The van der Waals surface area contributed by atoms with Crippen molar-refractivity contribution >= 4 is 22.4 Å². The molecule has 0 spiro atoms. The summed E-state index contributed by atoms with van der Waals surface area (Å²) >= 11 is 1.34. The lowest BCUT2D eigenvalue weighted by Gasteiger charge is -2.19. The Morgan fingerprint density at radius 3 is 2.65 bits per heavy atom. The number of ether oxygens (including phenoxy) is 2. The zero-order valence-electron chi connectivity index (χ0n) is 14.7. The summed E-state index contributed by atoms with van der Waals surface area (Å²) in [5, 5.41) is 9.59. The van der Waals surface area contributed by atoms with Crippen LogP contribution in [0.5, 0.6) is 11.5 Å². The fraction of sp³-hybridized carbons (Fsp3) is 0.222. The molecule has 0 aliphatic heterocycles. The van der Waals surface area contributed by atoms with E-state index in [0.717, 1.165) is 5.56 Å². The van der Waals surface area contributed by atoms with Gasteiger partial charge in [0.2, 0.25) is 5.13 Å². The number of carbonyl (C=O) groups is 1. The van der Waals surface area contributed by atoms with Crippen molar-refractivity contribution in [1.82, 2.24) is 15.2 Å². The molecule has 0 saturated heterocycles. The zero-order chi connectivity index (χ0) is 18.5. The molecule has 0 fully saturated rings. The summed E-state index contributed by atoms with van der Waals surface area (Å²) in [7, 11) is 3.05. The number of hydrogen-bond donors (Lipinski definition) is 0. The number of carbonyl (C=O) groups excluding carboxylic acids is 1. The van der Waals surface area contributed by atoms with E-state index < -0.39 is 0 Å². The monoisotopic (exact) mass is 370 g/mol. The van der Waals surface area contributed by atoms with Crippen LogP contribution >= 0.6 is 11.3 Å². The van der Waals surface area contributed by atoms with Gasteiger partial charge in [-0.3, -0.25) is 14.7 Å². The minimum absolute atomic E-state index is 0.225. The summed E-state index contributed by atoms with van der Waals surface area (Å²) in [6.45, 7) is 2.33. The Morgan fingerprint density at radius 2 is 2.00 bits per heavy atom. The van der Waals surface area contributed by atoms with Gasteiger partial charge in [-0.05, 0) is 31.2 Å². The molecule has 7 nitrogen and oxygen atoms in total. The van der Waals surface area contributed by atoms with Crippen molar-refractivity contribution in [2.75, 3.05) is 25.7 Å². The summed E-state index contributed by atoms with van der Waals surface area (Å²) in [4.78, 5) is 18.7. The van der Waals surface area contributed by atoms with E-state index in [4.69, 9.17) is 9.47 Å². The number of anilines is 1. The average molecular weight is 370 g/mol. The molecule has 2 heterocycles. The number of methoxy groups -OCH3 is 2. The van der Waals surface area contributed by atoms with E-state index in [1.165, 1.54) is 25.6 Å². The predicted octanol–water partition coefficient (Wildman–Crippen LogP) is 3.28. The van der Waals surface area contributed by atoms with Crippen LogP contribution in [0.25, 0.3) is 10.6 Å². The van der Waals surface area contributed by atoms with E-state index in [9.17, 15) is 4.79 Å². The van der Waals surface area contributed by atoms with E-state index >= 15 is 0 Å². The van der Waals surface area contributed by atoms with Gasteiger partial charge in [-0.2, -0.15) is 0 Å². The van der Waals surface area contributed by atoms with Gasteiger partial charge in [0.1, 0.15) is 0 Å². The lowest BCUT2D eigenvalue weighted by molar-refractivity contribution is 0.0984. The molecule has 0 unspecified atom stereocenters. The molecule has 1 aromatic carbocycles. The molecule has 0 aliphatic rings. The summed E-state index contributed by atoms with van der Waals surface area (Å²) in [6, 6.07) is 8.94. The van der Waals surface area contributed by atoms with Crippen LogP contribution in [0.2, 0.25) is 0 Å². The first-order valence-corrected chi connectivity index (χ1v) is 8.78. The number of benzene rings is 1. The predicted molar refractivity (Wildman–Crippen MR) is 100 cm³/mol. The number of hydrogen-bond acceptors (Lipinski definition) is 7. The maximum Gasteiger partial charge on any atom is 0.264 e. The Hall–Kier alpha value is -3.00. The van der Waals surface area contributed by atoms with Crippen LogP contribution in [0.15, 0.2) is 42.7 Å². The Balaban J connectivity index is 1.95. The maximum atomic E-state index is 13.1. The van der Waals surface area contributed by atoms with Gasteiger partial charge in [-0.25, -0.2) is 0 Å². The van der Waals surface area contributed by atoms with Crippen LogP contribution in [0, 0.1) is 0 Å². The normalized spacial score (nSPS) is 10.4. The highest BCUT2D eigenvalue weighted by molar-refractivity contribution is 7.18. The Labute approximate surface area is 155 Å². The lowest BCUT2D eigenvalue weighted by atomic mass is 10.1. The molecule has 134 valence electrons. The molecular formula is C18H18N4O3S. The Morgan fingerprint density at radius 1 is 1.15 bits per heavy atom. The molecule has 26 heavy (non-hydrogen) atoms. The first kappa shape index (κ1) is 17.8. The molecule has 0 N–H and O–H groups in total. The molecule has 0 radical (unpaired) electrons. The summed E-state index contributed by atoms with van der Waals surface area (Å²) < 4.78 is 10.7. The average Bonchev–Trinajstić information content (AvgIpc) is 3.18. The number of pyridine rings is 1. The molecular weight excluding hydrogens is 352 g/mol. The fourth-order valence-electron chi connectivity index (χ4n) is 2.50. The molecule has 0 saturated carbocycles. The third-order valence-electron chi connectivity index (χ3n) is 3.75. The second-order valence-electron chi connectivity index (χ2n) is 5.22. The summed E-state index contributed by atoms with van der Waals surface area (Å²) in [6.07, 6.45) is 3.41. The number of para-hydroxylation sites is 1. The van der Waals surface area contributed by atoms with Gasteiger partial charge < -0.3 is 9.47 Å². The van der Waals surface area contributed by atoms with E-state index in [-0.39, 0.29) is 5.91 Å². The number of rotatable bonds is 6. The third-order valence-corrected chi connectivity index (χ3v) is 4.74. The van der Waals surface area contributed by atoms with Crippen LogP contribution in [0.3, 0.4) is 0 Å². The van der Waals surface area contributed by atoms with Gasteiger partial charge in [0.05, 0.1) is 19.8 Å². The quantitative estimate of drug-likeness (QED) is 0.663. The molecule has 1 amide bonds. The van der Waals surface area contributed by atoms with Crippen molar-refractivity contribution in [3.05, 3.63) is 48.3 Å². The first-order chi connectivity index (χ1) is 12.7. The number of aromatic nitrogens is 3. The summed E-state index contributed by atoms with van der Waals surface area (Å²) in [5.74, 6) is 0.676. The van der Waals surface area contributed by atoms with Crippen LogP contribution in [-0.2, 0) is 0 Å². The zero-order valence-corrected chi connectivity index (χ0v) is 15.5. The van der Waals surface area contributed by atoms with Crippen LogP contribution in [0.4, 0.5) is 5.13 Å². The minimum atomic E-state index is -0.225. The van der Waals surface area contributed by atoms with E-state index in [1.807, 2.05) is 19.1 Å². The van der Waals surface area contributed by atoms with Crippen molar-refractivity contribution in [2.24, 2.45) is 0 Å². The molecule has 0 aliphatic carbocycles. The fourth-order valence-corrected chi connectivity index (χ4v) is 3.39. The lowest BCUT2D eigenvalue weighted by Crippen LogP contribution is -2.31. The Bertz CT molecular complexity index is 898. The molecule has 2 aromatic heterocycles. The molecule has 0 bridgehead atoms. The van der Waals surface area contributed by atoms with Crippen molar-refractivity contribution < 1.29 is 14.3 Å². The standard InChI is InChI=1S/C18H18N4O3S/c1-4-22(17(23)13-8-5-9-14(24-2)15(13)25-3)18-21-20-16(26-18)12-7-6-10-19-11-12/h5-11H,4H2,1-3H3. The van der Waals surface area contributed by atoms with Gasteiger partial charge in [-0.1, -0.05) is 17.4 Å². The van der Waals surface area contributed by atoms with E-state index in [2.05, 4.69) is 15.2 Å². The highest BCUT2D eigenvalue weighted by Crippen LogP contribution is 2.34. The van der Waals surface area contributed by atoms with Gasteiger partial charge in [-0.15, -0.1) is 10.2 Å². The van der Waals surface area contributed by atoms with Crippen LogP contribution in [-0.4, -0.2) is 41.9 Å². The molecule has 3 rings (SSSR count). The van der Waals surface area contributed by atoms with Gasteiger partial charge in [0, 0.05) is 24.5 Å². The highest BCUT2D eigenvalue weighted by atomic mass is 32.1. The Kier molecular flexibility index (Phi) is 5.43. The van der Waals surface area contributed by atoms with Crippen molar-refractivity contribution in [3.8, 4) is 22.1 Å².